The van der Waals surface area contributed by atoms with E-state index in [2.05, 4.69) is 15.6 Å². The molecule has 3 rings (SSSR count). The number of hydrogen-bond donors (Lipinski definition) is 2. The number of aromatic nitrogens is 1. The monoisotopic (exact) mass is 398 g/mol. The quantitative estimate of drug-likeness (QED) is 0.679. The van der Waals surface area contributed by atoms with Gasteiger partial charge >= 0.3 is 11.8 Å². The number of nitrogens with one attached hydrogen (secondary N) is 2. The lowest BCUT2D eigenvalue weighted by Gasteiger charge is -2.23. The molecule has 29 heavy (non-hydrogen) atoms. The van der Waals surface area contributed by atoms with Crippen molar-refractivity contribution in [2.24, 2.45) is 0 Å². The van der Waals surface area contributed by atoms with Gasteiger partial charge in [-0.15, -0.1) is 0 Å². The molecular weight excluding hydrogens is 376 g/mol. The Morgan fingerprint density at radius 3 is 2.59 bits per heavy atom. The number of carbonyl (C=O) groups excluding carboxylic acids is 3. The molecule has 1 unspecified atom stereocenters. The number of amides is 3. The fraction of sp³-hybridized carbons (Fsp3) is 0.300. The fourth-order valence-corrected chi connectivity index (χ4v) is 2.84. The summed E-state index contributed by atoms with van der Waals surface area (Å²) < 4.78 is 10.6. The molecule has 3 amide bonds. The van der Waals surface area contributed by atoms with E-state index in [0.29, 0.717) is 30.2 Å². The Labute approximate surface area is 168 Å². The average Bonchev–Trinajstić information content (AvgIpc) is 3.24. The van der Waals surface area contributed by atoms with Crippen molar-refractivity contribution in [3.63, 3.8) is 0 Å². The summed E-state index contributed by atoms with van der Waals surface area (Å²) in [6.07, 6.45) is 0.963. The Bertz CT molecular complexity index is 857. The highest BCUT2D eigenvalue weighted by Gasteiger charge is 2.31. The first-order valence-electron chi connectivity index (χ1n) is 9.11. The van der Waals surface area contributed by atoms with Crippen molar-refractivity contribution >= 4 is 17.7 Å². The summed E-state index contributed by atoms with van der Waals surface area (Å²) in [4.78, 5) is 42.2. The van der Waals surface area contributed by atoms with Crippen molar-refractivity contribution in [3.05, 3.63) is 59.9 Å². The van der Waals surface area contributed by atoms with Gasteiger partial charge in [-0.25, -0.2) is 0 Å². The van der Waals surface area contributed by atoms with E-state index in [-0.39, 0.29) is 19.0 Å². The van der Waals surface area contributed by atoms with Crippen LogP contribution in [0.15, 0.2) is 48.7 Å². The van der Waals surface area contributed by atoms with Crippen LogP contribution in [0.3, 0.4) is 0 Å². The number of hydrogen-bond acceptors (Lipinski definition) is 6. The topological polar surface area (TPSA) is 110 Å². The summed E-state index contributed by atoms with van der Waals surface area (Å²) in [7, 11) is 1.55. The molecule has 1 fully saturated rings. The predicted molar refractivity (Wildman–Crippen MR) is 103 cm³/mol. The zero-order valence-electron chi connectivity index (χ0n) is 16.0. The van der Waals surface area contributed by atoms with Crippen LogP contribution in [0.1, 0.15) is 16.1 Å². The maximum absolute atomic E-state index is 12.7. The second kappa shape index (κ2) is 9.65. The molecule has 0 saturated carbocycles. The number of rotatable bonds is 6. The Kier molecular flexibility index (Phi) is 6.75. The van der Waals surface area contributed by atoms with Crippen molar-refractivity contribution < 1.29 is 23.9 Å². The van der Waals surface area contributed by atoms with Crippen molar-refractivity contribution in [2.75, 3.05) is 26.8 Å². The van der Waals surface area contributed by atoms with Gasteiger partial charge in [-0.3, -0.25) is 19.4 Å². The van der Waals surface area contributed by atoms with Gasteiger partial charge in [-0.1, -0.05) is 6.07 Å². The summed E-state index contributed by atoms with van der Waals surface area (Å²) in [6, 6.07) is 12.0. The standard InChI is InChI=1S/C20H22N4O5/c1-28-16-7-5-14(6-8-16)20(27)24-10-11-29-17(24)13-23-19(26)18(25)22-12-15-4-2-3-9-21-15/h2-9,17H,10-13H2,1H3,(H,22,25)(H,23,26). The molecule has 0 radical (unpaired) electrons. The maximum atomic E-state index is 12.7. The minimum Gasteiger partial charge on any atom is -0.497 e. The molecule has 0 bridgehead atoms. The summed E-state index contributed by atoms with van der Waals surface area (Å²) >= 11 is 0. The Morgan fingerprint density at radius 2 is 1.90 bits per heavy atom. The van der Waals surface area contributed by atoms with E-state index in [1.54, 1.807) is 55.8 Å². The first kappa shape index (κ1) is 20.3. The van der Waals surface area contributed by atoms with Gasteiger partial charge in [-0.05, 0) is 36.4 Å². The molecule has 2 heterocycles. The highest BCUT2D eigenvalue weighted by atomic mass is 16.5. The van der Waals surface area contributed by atoms with Crippen LogP contribution in [0.2, 0.25) is 0 Å². The predicted octanol–water partition coefficient (Wildman–Crippen LogP) is 0.321. The highest BCUT2D eigenvalue weighted by molar-refractivity contribution is 6.35. The minimum absolute atomic E-state index is 0.0116. The first-order valence-corrected chi connectivity index (χ1v) is 9.11. The molecule has 0 spiro atoms. The van der Waals surface area contributed by atoms with Gasteiger partial charge in [0, 0.05) is 18.3 Å². The van der Waals surface area contributed by atoms with E-state index >= 15 is 0 Å². The van der Waals surface area contributed by atoms with E-state index in [1.807, 2.05) is 0 Å². The zero-order valence-corrected chi connectivity index (χ0v) is 16.0. The van der Waals surface area contributed by atoms with Crippen molar-refractivity contribution in [1.29, 1.82) is 0 Å². The third-order valence-electron chi connectivity index (χ3n) is 4.39. The van der Waals surface area contributed by atoms with Gasteiger partial charge < -0.3 is 25.0 Å². The zero-order chi connectivity index (χ0) is 20.6. The SMILES string of the molecule is COc1ccc(C(=O)N2CCOC2CNC(=O)C(=O)NCc2ccccn2)cc1. The smallest absolute Gasteiger partial charge is 0.309 e. The second-order valence-electron chi connectivity index (χ2n) is 6.27. The van der Waals surface area contributed by atoms with Crippen LogP contribution < -0.4 is 15.4 Å². The minimum atomic E-state index is -0.798. The van der Waals surface area contributed by atoms with Gasteiger partial charge in [0.05, 0.1) is 32.5 Å². The van der Waals surface area contributed by atoms with Gasteiger partial charge in [0.1, 0.15) is 12.0 Å². The summed E-state index contributed by atoms with van der Waals surface area (Å²) in [6.45, 7) is 0.915. The van der Waals surface area contributed by atoms with E-state index in [4.69, 9.17) is 9.47 Å². The third kappa shape index (κ3) is 5.29. The average molecular weight is 398 g/mol. The van der Waals surface area contributed by atoms with E-state index in [1.165, 1.54) is 4.90 Å². The number of carbonyl (C=O) groups is 3. The Balaban J connectivity index is 1.50. The number of ether oxygens (including phenoxy) is 2. The lowest BCUT2D eigenvalue weighted by Crippen LogP contribution is -2.47. The lowest BCUT2D eigenvalue weighted by atomic mass is 10.2. The summed E-state index contributed by atoms with van der Waals surface area (Å²) in [5, 5.41) is 5.00. The summed E-state index contributed by atoms with van der Waals surface area (Å²) in [5.41, 5.74) is 1.13. The number of pyridine rings is 1. The maximum Gasteiger partial charge on any atom is 0.309 e. The van der Waals surface area contributed by atoms with Crippen LogP contribution in [0, 0.1) is 0 Å². The van der Waals surface area contributed by atoms with Crippen LogP contribution >= 0.6 is 0 Å². The Morgan fingerprint density at radius 1 is 1.14 bits per heavy atom. The molecule has 152 valence electrons. The molecule has 1 saturated heterocycles. The highest BCUT2D eigenvalue weighted by Crippen LogP contribution is 2.17. The normalized spacial score (nSPS) is 15.6. The van der Waals surface area contributed by atoms with Crippen molar-refractivity contribution in [2.45, 2.75) is 12.8 Å². The molecule has 1 aromatic heterocycles. The molecular formula is C20H22N4O5. The molecule has 9 nitrogen and oxygen atoms in total. The van der Waals surface area contributed by atoms with E-state index in [0.717, 1.165) is 0 Å². The van der Waals surface area contributed by atoms with Gasteiger partial charge in [-0.2, -0.15) is 0 Å². The van der Waals surface area contributed by atoms with E-state index < -0.39 is 18.0 Å². The molecule has 2 aromatic rings. The van der Waals surface area contributed by atoms with Crippen LogP contribution in [0.25, 0.3) is 0 Å². The van der Waals surface area contributed by atoms with Crippen LogP contribution in [0.4, 0.5) is 0 Å². The Hall–Kier alpha value is -3.46. The first-order chi connectivity index (χ1) is 14.1. The summed E-state index contributed by atoms with van der Waals surface area (Å²) in [5.74, 6) is -1.14. The third-order valence-corrected chi connectivity index (χ3v) is 4.39. The molecule has 1 aliphatic heterocycles. The van der Waals surface area contributed by atoms with Crippen LogP contribution in [0.5, 0.6) is 5.75 Å². The number of methoxy groups -OCH3 is 1. The van der Waals surface area contributed by atoms with E-state index in [9.17, 15) is 14.4 Å². The van der Waals surface area contributed by atoms with Crippen molar-refractivity contribution in [1.82, 2.24) is 20.5 Å². The molecule has 9 heteroatoms. The molecule has 1 atom stereocenters. The number of nitrogens with zero attached hydrogens (tertiary/aromatic N) is 2. The van der Waals surface area contributed by atoms with Gasteiger partial charge in [0.25, 0.3) is 5.91 Å². The lowest BCUT2D eigenvalue weighted by molar-refractivity contribution is -0.139. The largest absolute Gasteiger partial charge is 0.497 e. The van der Waals surface area contributed by atoms with Gasteiger partial charge in [0.15, 0.2) is 0 Å². The molecule has 0 aliphatic carbocycles. The number of benzene rings is 1. The molecule has 1 aromatic carbocycles. The fourth-order valence-electron chi connectivity index (χ4n) is 2.84. The van der Waals surface area contributed by atoms with Crippen LogP contribution in [-0.4, -0.2) is 60.6 Å². The second-order valence-corrected chi connectivity index (χ2v) is 6.27. The van der Waals surface area contributed by atoms with Gasteiger partial charge in [0.2, 0.25) is 0 Å². The van der Waals surface area contributed by atoms with Crippen LogP contribution in [-0.2, 0) is 20.9 Å². The molecule has 1 aliphatic rings. The molecule has 2 N–H and O–H groups in total. The van der Waals surface area contributed by atoms with Crippen molar-refractivity contribution in [3.8, 4) is 5.75 Å².